The van der Waals surface area contributed by atoms with Crippen LogP contribution in [0.4, 0.5) is 0 Å². The van der Waals surface area contributed by atoms with Gasteiger partial charge in [0.1, 0.15) is 0 Å². The standard InChI is InChI=1S/C15H14N2O/c18-10-13-7-5-12(6-8-13)9-17-11-16-14-3-1-2-4-15(14)17/h1-8,11,18H,9-10H2. The minimum atomic E-state index is 0.0916. The number of rotatable bonds is 3. The monoisotopic (exact) mass is 238 g/mol. The van der Waals surface area contributed by atoms with Crippen LogP contribution < -0.4 is 0 Å². The zero-order valence-corrected chi connectivity index (χ0v) is 9.95. The van der Waals surface area contributed by atoms with E-state index in [2.05, 4.69) is 15.6 Å². The zero-order chi connectivity index (χ0) is 12.4. The van der Waals surface area contributed by atoms with Crippen LogP contribution >= 0.6 is 0 Å². The second-order valence-corrected chi connectivity index (χ2v) is 4.34. The highest BCUT2D eigenvalue weighted by Gasteiger charge is 2.02. The minimum absolute atomic E-state index is 0.0916. The summed E-state index contributed by atoms with van der Waals surface area (Å²) in [7, 11) is 0. The lowest BCUT2D eigenvalue weighted by Gasteiger charge is -2.05. The van der Waals surface area contributed by atoms with Gasteiger partial charge in [-0.1, -0.05) is 36.4 Å². The number of hydrogen-bond donors (Lipinski definition) is 1. The first-order chi connectivity index (χ1) is 8.86. The quantitative estimate of drug-likeness (QED) is 0.761. The van der Waals surface area contributed by atoms with Gasteiger partial charge in [-0.3, -0.25) is 0 Å². The molecule has 0 fully saturated rings. The summed E-state index contributed by atoms with van der Waals surface area (Å²) in [4.78, 5) is 4.37. The van der Waals surface area contributed by atoms with Crippen LogP contribution in [0.1, 0.15) is 11.1 Å². The highest BCUT2D eigenvalue weighted by atomic mass is 16.3. The largest absolute Gasteiger partial charge is 0.392 e. The summed E-state index contributed by atoms with van der Waals surface area (Å²) in [5, 5.41) is 9.01. The lowest BCUT2D eigenvalue weighted by Crippen LogP contribution is -1.98. The fraction of sp³-hybridized carbons (Fsp3) is 0.133. The molecular formula is C15H14N2O. The molecule has 0 aliphatic rings. The molecule has 0 unspecified atom stereocenters. The first-order valence-electron chi connectivity index (χ1n) is 5.95. The third kappa shape index (κ3) is 2.00. The Morgan fingerprint density at radius 2 is 1.67 bits per heavy atom. The van der Waals surface area contributed by atoms with Gasteiger partial charge in [-0.15, -0.1) is 0 Å². The van der Waals surface area contributed by atoms with E-state index < -0.39 is 0 Å². The van der Waals surface area contributed by atoms with Crippen LogP contribution in [0.2, 0.25) is 0 Å². The lowest BCUT2D eigenvalue weighted by molar-refractivity contribution is 0.282. The number of aromatic nitrogens is 2. The fourth-order valence-corrected chi connectivity index (χ4v) is 2.08. The molecule has 2 aromatic carbocycles. The SMILES string of the molecule is OCc1ccc(Cn2cnc3ccccc32)cc1. The van der Waals surface area contributed by atoms with E-state index in [0.717, 1.165) is 23.1 Å². The Labute approximate surface area is 105 Å². The van der Waals surface area contributed by atoms with Gasteiger partial charge in [-0.2, -0.15) is 0 Å². The van der Waals surface area contributed by atoms with Gasteiger partial charge in [0.25, 0.3) is 0 Å². The van der Waals surface area contributed by atoms with E-state index in [9.17, 15) is 0 Å². The maximum absolute atomic E-state index is 9.01. The number of hydrogen-bond acceptors (Lipinski definition) is 2. The van der Waals surface area contributed by atoms with Gasteiger partial charge < -0.3 is 9.67 Å². The zero-order valence-electron chi connectivity index (χ0n) is 9.95. The maximum Gasteiger partial charge on any atom is 0.0961 e. The number of benzene rings is 2. The molecular weight excluding hydrogens is 224 g/mol. The molecule has 18 heavy (non-hydrogen) atoms. The van der Waals surface area contributed by atoms with Crippen molar-refractivity contribution < 1.29 is 5.11 Å². The third-order valence-electron chi connectivity index (χ3n) is 3.09. The van der Waals surface area contributed by atoms with E-state index >= 15 is 0 Å². The molecule has 1 aromatic heterocycles. The summed E-state index contributed by atoms with van der Waals surface area (Å²) in [5.74, 6) is 0. The molecule has 0 radical (unpaired) electrons. The number of fused-ring (bicyclic) bond motifs is 1. The molecule has 3 aromatic rings. The van der Waals surface area contributed by atoms with Crippen LogP contribution in [0.25, 0.3) is 11.0 Å². The van der Waals surface area contributed by atoms with Gasteiger partial charge in [-0.25, -0.2) is 4.98 Å². The van der Waals surface area contributed by atoms with Crippen molar-refractivity contribution in [2.45, 2.75) is 13.2 Å². The van der Waals surface area contributed by atoms with Crippen molar-refractivity contribution in [3.05, 3.63) is 66.0 Å². The van der Waals surface area contributed by atoms with Crippen molar-refractivity contribution in [3.8, 4) is 0 Å². The van der Waals surface area contributed by atoms with E-state index in [4.69, 9.17) is 5.11 Å². The van der Waals surface area contributed by atoms with Crippen molar-refractivity contribution >= 4 is 11.0 Å². The second-order valence-electron chi connectivity index (χ2n) is 4.34. The predicted molar refractivity (Wildman–Crippen MR) is 71.2 cm³/mol. The van der Waals surface area contributed by atoms with Gasteiger partial charge in [0, 0.05) is 6.54 Å². The Morgan fingerprint density at radius 1 is 0.944 bits per heavy atom. The lowest BCUT2D eigenvalue weighted by atomic mass is 10.1. The minimum Gasteiger partial charge on any atom is -0.392 e. The molecule has 0 spiro atoms. The van der Waals surface area contributed by atoms with Crippen LogP contribution in [0, 0.1) is 0 Å². The Morgan fingerprint density at radius 3 is 2.44 bits per heavy atom. The molecule has 0 saturated carbocycles. The van der Waals surface area contributed by atoms with E-state index in [1.807, 2.05) is 48.8 Å². The van der Waals surface area contributed by atoms with Crippen molar-refractivity contribution in [3.63, 3.8) is 0 Å². The van der Waals surface area contributed by atoms with E-state index in [0.29, 0.717) is 0 Å². The molecule has 3 heteroatoms. The Balaban J connectivity index is 1.91. The molecule has 1 heterocycles. The van der Waals surface area contributed by atoms with Crippen LogP contribution in [-0.4, -0.2) is 14.7 Å². The van der Waals surface area contributed by atoms with Crippen molar-refractivity contribution in [2.24, 2.45) is 0 Å². The molecule has 90 valence electrons. The number of para-hydroxylation sites is 2. The van der Waals surface area contributed by atoms with Gasteiger partial charge >= 0.3 is 0 Å². The molecule has 1 N–H and O–H groups in total. The Hall–Kier alpha value is -2.13. The number of nitrogens with zero attached hydrogens (tertiary/aromatic N) is 2. The summed E-state index contributed by atoms with van der Waals surface area (Å²) >= 11 is 0. The summed E-state index contributed by atoms with van der Waals surface area (Å²) in [5.41, 5.74) is 4.30. The molecule has 3 nitrogen and oxygen atoms in total. The Kier molecular flexibility index (Phi) is 2.82. The molecule has 0 atom stereocenters. The van der Waals surface area contributed by atoms with Gasteiger partial charge in [-0.05, 0) is 23.3 Å². The van der Waals surface area contributed by atoms with Gasteiger partial charge in [0.05, 0.1) is 24.0 Å². The summed E-state index contributed by atoms with van der Waals surface area (Å²) in [6.07, 6.45) is 1.87. The summed E-state index contributed by atoms with van der Waals surface area (Å²) in [6, 6.07) is 16.1. The molecule has 0 saturated heterocycles. The topological polar surface area (TPSA) is 38.0 Å². The van der Waals surface area contributed by atoms with Crippen molar-refractivity contribution in [1.82, 2.24) is 9.55 Å². The second kappa shape index (κ2) is 4.63. The third-order valence-corrected chi connectivity index (χ3v) is 3.09. The highest BCUT2D eigenvalue weighted by molar-refractivity contribution is 5.75. The fourth-order valence-electron chi connectivity index (χ4n) is 2.08. The van der Waals surface area contributed by atoms with Crippen LogP contribution in [0.5, 0.6) is 0 Å². The molecule has 0 bridgehead atoms. The van der Waals surface area contributed by atoms with Crippen molar-refractivity contribution in [1.29, 1.82) is 0 Å². The normalized spacial score (nSPS) is 10.9. The molecule has 0 aliphatic heterocycles. The number of aliphatic hydroxyl groups is 1. The smallest absolute Gasteiger partial charge is 0.0961 e. The maximum atomic E-state index is 9.01. The van der Waals surface area contributed by atoms with E-state index in [1.165, 1.54) is 5.56 Å². The molecule has 3 rings (SSSR count). The number of imidazole rings is 1. The highest BCUT2D eigenvalue weighted by Crippen LogP contribution is 2.14. The Bertz CT molecular complexity index is 656. The average molecular weight is 238 g/mol. The van der Waals surface area contributed by atoms with Crippen LogP contribution in [0.15, 0.2) is 54.9 Å². The van der Waals surface area contributed by atoms with Crippen LogP contribution in [-0.2, 0) is 13.2 Å². The van der Waals surface area contributed by atoms with E-state index in [1.54, 1.807) is 0 Å². The molecule has 0 amide bonds. The predicted octanol–water partition coefficient (Wildman–Crippen LogP) is 2.58. The van der Waals surface area contributed by atoms with Crippen molar-refractivity contribution in [2.75, 3.05) is 0 Å². The van der Waals surface area contributed by atoms with Gasteiger partial charge in [0.2, 0.25) is 0 Å². The summed E-state index contributed by atoms with van der Waals surface area (Å²) in [6.45, 7) is 0.889. The van der Waals surface area contributed by atoms with Crippen LogP contribution in [0.3, 0.4) is 0 Å². The van der Waals surface area contributed by atoms with Gasteiger partial charge in [0.15, 0.2) is 0 Å². The first-order valence-corrected chi connectivity index (χ1v) is 5.95. The van der Waals surface area contributed by atoms with E-state index in [-0.39, 0.29) is 6.61 Å². The summed E-state index contributed by atoms with van der Waals surface area (Å²) < 4.78 is 2.13. The average Bonchev–Trinajstić information content (AvgIpc) is 2.83. The first kappa shape index (κ1) is 11.0. The molecule has 0 aliphatic carbocycles. The number of aliphatic hydroxyl groups excluding tert-OH is 1.